The zero-order valence-corrected chi connectivity index (χ0v) is 13.7. The summed E-state index contributed by atoms with van der Waals surface area (Å²) < 4.78 is 0. The topological polar surface area (TPSA) is 48.6 Å². The fraction of sp³-hybridized carbons (Fsp3) is 0.389. The number of fused-ring (bicyclic) bond motifs is 1. The number of para-hydroxylation sites is 1. The largest absolute Gasteiger partial charge is 0.313 e. The minimum Gasteiger partial charge on any atom is -0.313 e. The van der Waals surface area contributed by atoms with Gasteiger partial charge in [-0.1, -0.05) is 44.2 Å². The van der Waals surface area contributed by atoms with Crippen LogP contribution in [0.4, 0.5) is 0 Å². The first kappa shape index (κ1) is 19.0. The van der Waals surface area contributed by atoms with Crippen molar-refractivity contribution in [3.63, 3.8) is 0 Å². The van der Waals surface area contributed by atoms with Gasteiger partial charge in [0.1, 0.15) is 0 Å². The van der Waals surface area contributed by atoms with Gasteiger partial charge < -0.3 is 5.41 Å². The number of benzene rings is 1. The fourth-order valence-corrected chi connectivity index (χ4v) is 1.71. The lowest BCUT2D eigenvalue weighted by atomic mass is 10.3. The number of nitrogens with zero attached hydrogens (tertiary/aromatic N) is 2. The molecule has 2 atom stereocenters. The Morgan fingerprint density at radius 1 is 1.10 bits per heavy atom. The molecule has 114 valence electrons. The van der Waals surface area contributed by atoms with Crippen molar-refractivity contribution in [2.24, 2.45) is 9.98 Å². The van der Waals surface area contributed by atoms with Crippen LogP contribution in [-0.4, -0.2) is 24.5 Å². The first-order chi connectivity index (χ1) is 10.2. The highest BCUT2D eigenvalue weighted by molar-refractivity contribution is 5.73. The van der Waals surface area contributed by atoms with Crippen LogP contribution in [0.5, 0.6) is 0 Å². The van der Waals surface area contributed by atoms with Crippen molar-refractivity contribution >= 4 is 18.5 Å². The van der Waals surface area contributed by atoms with E-state index in [1.165, 1.54) is 11.4 Å². The number of hydrogen-bond donors (Lipinski definition) is 1. The van der Waals surface area contributed by atoms with Gasteiger partial charge in [0.2, 0.25) is 0 Å². The summed E-state index contributed by atoms with van der Waals surface area (Å²) in [6.07, 6.45) is 9.27. The number of hydrogen-bond acceptors (Lipinski definition) is 3. The van der Waals surface area contributed by atoms with Crippen LogP contribution in [0.1, 0.15) is 34.6 Å². The average molecular weight is 285 g/mol. The molecular weight excluding hydrogens is 258 g/mol. The molecular formula is C18H27N3. The van der Waals surface area contributed by atoms with Crippen LogP contribution in [0.2, 0.25) is 0 Å². The normalized spacial score (nSPS) is 19.3. The summed E-state index contributed by atoms with van der Waals surface area (Å²) in [5.41, 5.74) is 0. The maximum absolute atomic E-state index is 6.08. The summed E-state index contributed by atoms with van der Waals surface area (Å²) in [6, 6.07) is 9.02. The van der Waals surface area contributed by atoms with Crippen molar-refractivity contribution in [3.05, 3.63) is 47.0 Å². The summed E-state index contributed by atoms with van der Waals surface area (Å²) in [5.74, 6) is 0. The van der Waals surface area contributed by atoms with Gasteiger partial charge in [-0.3, -0.25) is 9.98 Å². The van der Waals surface area contributed by atoms with Crippen LogP contribution in [0.15, 0.2) is 46.4 Å². The molecule has 2 aliphatic heterocycles. The monoisotopic (exact) mass is 285 g/mol. The number of aliphatic imine (C=N–C) groups is 1. The van der Waals surface area contributed by atoms with Crippen LogP contribution >= 0.6 is 0 Å². The molecule has 0 saturated carbocycles. The quantitative estimate of drug-likeness (QED) is 0.712. The number of allylic oxidation sites excluding steroid dienone is 1. The molecule has 2 unspecified atom stereocenters. The molecule has 1 aromatic rings. The number of rotatable bonds is 0. The minimum absolute atomic E-state index is 0.373. The van der Waals surface area contributed by atoms with E-state index in [0.717, 1.165) is 5.36 Å². The molecule has 0 bridgehead atoms. The van der Waals surface area contributed by atoms with E-state index in [2.05, 4.69) is 48.1 Å². The van der Waals surface area contributed by atoms with E-state index >= 15 is 0 Å². The number of nitrogens with one attached hydrogen (secondary N) is 1. The highest BCUT2D eigenvalue weighted by Crippen LogP contribution is 1.94. The highest BCUT2D eigenvalue weighted by atomic mass is 14.8. The Morgan fingerprint density at radius 3 is 2.14 bits per heavy atom. The minimum atomic E-state index is 0.373. The molecule has 0 amide bonds. The van der Waals surface area contributed by atoms with Crippen molar-refractivity contribution in [2.45, 2.75) is 46.7 Å². The van der Waals surface area contributed by atoms with Crippen LogP contribution in [-0.2, 0) is 0 Å². The van der Waals surface area contributed by atoms with Gasteiger partial charge >= 0.3 is 0 Å². The molecule has 0 aliphatic carbocycles. The standard InChI is InChI=1S/C9H9N.C5H7N.C2H5N.C2H6/c1-7-6-8-4-2-3-5-9(8)10-7;1-5-3-2-4-6-5;1-2-3;1-2/h2-7H,1H3;2-5H,1H3;2-3H,1H3;1-2H3. The second kappa shape index (κ2) is 11.8. The third kappa shape index (κ3) is 7.98. The van der Waals surface area contributed by atoms with E-state index in [-0.39, 0.29) is 0 Å². The van der Waals surface area contributed by atoms with Crippen LogP contribution < -0.4 is 10.6 Å². The molecule has 1 N–H and O–H groups in total. The highest BCUT2D eigenvalue weighted by Gasteiger charge is 1.99. The first-order valence-corrected chi connectivity index (χ1v) is 7.47. The van der Waals surface area contributed by atoms with Gasteiger partial charge in [0.25, 0.3) is 0 Å². The van der Waals surface area contributed by atoms with Crippen molar-refractivity contribution in [2.75, 3.05) is 0 Å². The van der Waals surface area contributed by atoms with E-state index < -0.39 is 0 Å². The van der Waals surface area contributed by atoms with Crippen LogP contribution in [0, 0.1) is 5.41 Å². The van der Waals surface area contributed by atoms with E-state index in [4.69, 9.17) is 5.41 Å². The molecule has 3 nitrogen and oxygen atoms in total. The molecule has 2 aliphatic rings. The van der Waals surface area contributed by atoms with E-state index in [9.17, 15) is 0 Å². The SMILES string of the molecule is CC.CC1C=CC=N1.CC1C=c2ccccc2=N1.CC=N. The smallest absolute Gasteiger partial charge is 0.0668 e. The van der Waals surface area contributed by atoms with E-state index in [0.29, 0.717) is 12.1 Å². The van der Waals surface area contributed by atoms with Crippen molar-refractivity contribution in [1.82, 2.24) is 0 Å². The predicted molar refractivity (Wildman–Crippen MR) is 94.0 cm³/mol. The molecule has 0 aromatic heterocycles. The Morgan fingerprint density at radius 2 is 1.71 bits per heavy atom. The molecule has 0 radical (unpaired) electrons. The average Bonchev–Trinajstić information content (AvgIpc) is 3.10. The third-order valence-corrected chi connectivity index (χ3v) is 2.50. The first-order valence-electron chi connectivity index (χ1n) is 7.47. The van der Waals surface area contributed by atoms with Crippen molar-refractivity contribution in [3.8, 4) is 0 Å². The second-order valence-electron chi connectivity index (χ2n) is 4.31. The molecule has 21 heavy (non-hydrogen) atoms. The van der Waals surface area contributed by atoms with E-state index in [1.807, 2.05) is 38.3 Å². The van der Waals surface area contributed by atoms with Crippen molar-refractivity contribution < 1.29 is 0 Å². The van der Waals surface area contributed by atoms with Gasteiger partial charge in [-0.15, -0.1) is 0 Å². The van der Waals surface area contributed by atoms with Gasteiger partial charge in [-0.05, 0) is 44.3 Å². The summed E-state index contributed by atoms with van der Waals surface area (Å²) in [7, 11) is 0. The summed E-state index contributed by atoms with van der Waals surface area (Å²) >= 11 is 0. The Hall–Kier alpha value is -2.03. The maximum atomic E-state index is 6.08. The van der Waals surface area contributed by atoms with E-state index in [1.54, 1.807) is 6.92 Å². The molecule has 1 aromatic carbocycles. The predicted octanol–water partition coefficient (Wildman–Crippen LogP) is 3.19. The summed E-state index contributed by atoms with van der Waals surface area (Å²) in [5, 5.41) is 8.49. The van der Waals surface area contributed by atoms with Crippen molar-refractivity contribution in [1.29, 1.82) is 5.41 Å². The maximum Gasteiger partial charge on any atom is 0.0668 e. The summed E-state index contributed by atoms with van der Waals surface area (Å²) in [4.78, 5) is 8.40. The van der Waals surface area contributed by atoms with Gasteiger partial charge in [0.15, 0.2) is 0 Å². The Kier molecular flexibility index (Phi) is 10.6. The van der Waals surface area contributed by atoms with Gasteiger partial charge in [-0.25, -0.2) is 0 Å². The van der Waals surface area contributed by atoms with Gasteiger partial charge in [0, 0.05) is 6.21 Å². The molecule has 0 saturated heterocycles. The van der Waals surface area contributed by atoms with Gasteiger partial charge in [0.05, 0.1) is 17.4 Å². The molecule has 2 heterocycles. The fourth-order valence-electron chi connectivity index (χ4n) is 1.71. The molecule has 3 rings (SSSR count). The lowest BCUT2D eigenvalue weighted by molar-refractivity contribution is 0.950. The summed E-state index contributed by atoms with van der Waals surface area (Å²) in [6.45, 7) is 9.82. The zero-order valence-electron chi connectivity index (χ0n) is 13.7. The lowest BCUT2D eigenvalue weighted by Gasteiger charge is -1.85. The second-order valence-corrected chi connectivity index (χ2v) is 4.31. The Balaban J connectivity index is 0.000000313. The van der Waals surface area contributed by atoms with Crippen LogP contribution in [0.3, 0.4) is 0 Å². The molecule has 0 spiro atoms. The Bertz CT molecular complexity index is 523. The van der Waals surface area contributed by atoms with Gasteiger partial charge in [-0.2, -0.15) is 0 Å². The lowest BCUT2D eigenvalue weighted by Crippen LogP contribution is -2.19. The van der Waals surface area contributed by atoms with Crippen LogP contribution in [0.25, 0.3) is 6.08 Å². The third-order valence-electron chi connectivity index (χ3n) is 2.50. The Labute approximate surface area is 128 Å². The zero-order chi connectivity index (χ0) is 16.1. The molecule has 0 fully saturated rings. The molecule has 3 heteroatoms.